The minimum atomic E-state index is 0.261. The molecule has 1 saturated carbocycles. The second-order valence-corrected chi connectivity index (χ2v) is 5.24. The number of halogens is 1. The SMILES string of the molecule is NC1CCCC(Oc2nc(Br)cs2)C1. The fraction of sp³-hybridized carbons (Fsp3) is 0.667. The van der Waals surface area contributed by atoms with Gasteiger partial charge in [0.05, 0.1) is 0 Å². The summed E-state index contributed by atoms with van der Waals surface area (Å²) < 4.78 is 6.59. The van der Waals surface area contributed by atoms with Crippen molar-refractivity contribution in [1.82, 2.24) is 4.98 Å². The molecule has 2 rings (SSSR count). The van der Waals surface area contributed by atoms with Crippen molar-refractivity contribution in [3.63, 3.8) is 0 Å². The molecule has 14 heavy (non-hydrogen) atoms. The minimum Gasteiger partial charge on any atom is -0.467 e. The Labute approximate surface area is 95.8 Å². The molecule has 0 saturated heterocycles. The lowest BCUT2D eigenvalue weighted by atomic mass is 9.94. The lowest BCUT2D eigenvalue weighted by Gasteiger charge is -2.25. The van der Waals surface area contributed by atoms with Crippen LogP contribution in [0.1, 0.15) is 25.7 Å². The van der Waals surface area contributed by atoms with Gasteiger partial charge in [0.15, 0.2) is 0 Å². The van der Waals surface area contributed by atoms with Gasteiger partial charge in [0, 0.05) is 11.4 Å². The van der Waals surface area contributed by atoms with Crippen LogP contribution in [0.2, 0.25) is 0 Å². The molecule has 1 heterocycles. The first-order valence-electron chi connectivity index (χ1n) is 4.77. The van der Waals surface area contributed by atoms with E-state index in [2.05, 4.69) is 20.9 Å². The van der Waals surface area contributed by atoms with Crippen LogP contribution < -0.4 is 10.5 Å². The Morgan fingerprint density at radius 2 is 2.43 bits per heavy atom. The van der Waals surface area contributed by atoms with Crippen molar-refractivity contribution in [1.29, 1.82) is 0 Å². The maximum absolute atomic E-state index is 5.88. The summed E-state index contributed by atoms with van der Waals surface area (Å²) in [5, 5.41) is 2.67. The number of aromatic nitrogens is 1. The second-order valence-electron chi connectivity index (χ2n) is 3.60. The zero-order chi connectivity index (χ0) is 9.97. The first-order chi connectivity index (χ1) is 6.74. The van der Waals surface area contributed by atoms with Crippen LogP contribution in [0.3, 0.4) is 0 Å². The molecule has 3 nitrogen and oxygen atoms in total. The standard InChI is InChI=1S/C9H13BrN2OS/c10-8-5-14-9(12-8)13-7-3-1-2-6(11)4-7/h5-7H,1-4,11H2. The minimum absolute atomic E-state index is 0.261. The van der Waals surface area contributed by atoms with Gasteiger partial charge in [-0.3, -0.25) is 0 Å². The van der Waals surface area contributed by atoms with E-state index in [-0.39, 0.29) is 6.10 Å². The third-order valence-electron chi connectivity index (χ3n) is 2.39. The van der Waals surface area contributed by atoms with Crippen molar-refractivity contribution in [3.8, 4) is 5.19 Å². The number of nitrogens with zero attached hydrogens (tertiary/aromatic N) is 1. The highest BCUT2D eigenvalue weighted by molar-refractivity contribution is 9.10. The molecule has 1 aliphatic rings. The molecule has 5 heteroatoms. The molecule has 0 bridgehead atoms. The number of hydrogen-bond donors (Lipinski definition) is 1. The van der Waals surface area contributed by atoms with E-state index in [4.69, 9.17) is 10.5 Å². The Balaban J connectivity index is 1.90. The topological polar surface area (TPSA) is 48.1 Å². The van der Waals surface area contributed by atoms with Gasteiger partial charge >= 0.3 is 0 Å². The van der Waals surface area contributed by atoms with E-state index in [9.17, 15) is 0 Å². The molecule has 0 amide bonds. The molecule has 0 radical (unpaired) electrons. The van der Waals surface area contributed by atoms with E-state index in [1.165, 1.54) is 17.8 Å². The van der Waals surface area contributed by atoms with Crippen LogP contribution in [-0.2, 0) is 0 Å². The predicted octanol–water partition coefficient (Wildman–Crippen LogP) is 2.55. The van der Waals surface area contributed by atoms with Crippen molar-refractivity contribution in [2.24, 2.45) is 5.73 Å². The first-order valence-corrected chi connectivity index (χ1v) is 6.44. The quantitative estimate of drug-likeness (QED) is 0.903. The molecular weight excluding hydrogens is 264 g/mol. The molecule has 2 unspecified atom stereocenters. The smallest absolute Gasteiger partial charge is 0.274 e. The van der Waals surface area contributed by atoms with Gasteiger partial charge in [0.2, 0.25) is 0 Å². The third-order valence-corrected chi connectivity index (χ3v) is 3.83. The summed E-state index contributed by atoms with van der Waals surface area (Å²) in [5.41, 5.74) is 5.88. The molecule has 1 fully saturated rings. The number of thiazole rings is 1. The number of nitrogens with two attached hydrogens (primary N) is 1. The Bertz CT molecular complexity index is 305. The van der Waals surface area contributed by atoms with Crippen LogP contribution in [0.15, 0.2) is 9.98 Å². The monoisotopic (exact) mass is 276 g/mol. The largest absolute Gasteiger partial charge is 0.467 e. The Morgan fingerprint density at radius 1 is 1.57 bits per heavy atom. The maximum atomic E-state index is 5.88. The summed E-state index contributed by atoms with van der Waals surface area (Å²) in [6, 6.07) is 0.303. The highest BCUT2D eigenvalue weighted by Gasteiger charge is 2.21. The Morgan fingerprint density at radius 3 is 3.07 bits per heavy atom. The van der Waals surface area contributed by atoms with Gasteiger partial charge in [0.25, 0.3) is 5.19 Å². The zero-order valence-electron chi connectivity index (χ0n) is 7.78. The van der Waals surface area contributed by atoms with Crippen molar-refractivity contribution < 1.29 is 4.74 Å². The lowest BCUT2D eigenvalue weighted by Crippen LogP contribution is -2.33. The highest BCUT2D eigenvalue weighted by Crippen LogP contribution is 2.27. The predicted molar refractivity (Wildman–Crippen MR) is 60.7 cm³/mol. The van der Waals surface area contributed by atoms with Crippen LogP contribution in [0.25, 0.3) is 0 Å². The normalized spacial score (nSPS) is 27.6. The number of ether oxygens (including phenoxy) is 1. The summed E-state index contributed by atoms with van der Waals surface area (Å²) >= 11 is 4.83. The van der Waals surface area contributed by atoms with Gasteiger partial charge in [-0.05, 0) is 41.6 Å². The molecule has 0 aliphatic heterocycles. The highest BCUT2D eigenvalue weighted by atomic mass is 79.9. The zero-order valence-corrected chi connectivity index (χ0v) is 10.2. The van der Waals surface area contributed by atoms with Gasteiger partial charge in [-0.15, -0.1) is 0 Å². The molecule has 2 atom stereocenters. The average Bonchev–Trinajstić information content (AvgIpc) is 2.51. The third kappa shape index (κ3) is 2.68. The van der Waals surface area contributed by atoms with E-state index < -0.39 is 0 Å². The summed E-state index contributed by atoms with van der Waals surface area (Å²) in [5.74, 6) is 0. The summed E-state index contributed by atoms with van der Waals surface area (Å²) in [6.45, 7) is 0. The fourth-order valence-electron chi connectivity index (χ4n) is 1.72. The molecule has 2 N–H and O–H groups in total. The van der Waals surface area contributed by atoms with Crippen LogP contribution in [-0.4, -0.2) is 17.1 Å². The number of rotatable bonds is 2. The van der Waals surface area contributed by atoms with Gasteiger partial charge < -0.3 is 10.5 Å². The lowest BCUT2D eigenvalue weighted by molar-refractivity contribution is 0.144. The molecule has 78 valence electrons. The maximum Gasteiger partial charge on any atom is 0.274 e. The molecule has 0 aromatic carbocycles. The van der Waals surface area contributed by atoms with E-state index >= 15 is 0 Å². The summed E-state index contributed by atoms with van der Waals surface area (Å²) in [4.78, 5) is 4.20. The number of hydrogen-bond acceptors (Lipinski definition) is 4. The van der Waals surface area contributed by atoms with Gasteiger partial charge in [0.1, 0.15) is 10.7 Å². The Kier molecular flexibility index (Phi) is 3.41. The van der Waals surface area contributed by atoms with Crippen LogP contribution in [0.4, 0.5) is 0 Å². The molecule has 1 aromatic heterocycles. The molecular formula is C9H13BrN2OS. The van der Waals surface area contributed by atoms with Gasteiger partial charge in [-0.2, -0.15) is 4.98 Å². The summed E-state index contributed by atoms with van der Waals surface area (Å²) in [7, 11) is 0. The summed E-state index contributed by atoms with van der Waals surface area (Å²) in [6.07, 6.45) is 4.61. The van der Waals surface area contributed by atoms with Crippen molar-refractivity contribution in [2.45, 2.75) is 37.8 Å². The van der Waals surface area contributed by atoms with Crippen molar-refractivity contribution >= 4 is 27.3 Å². The molecule has 1 aliphatic carbocycles. The van der Waals surface area contributed by atoms with E-state index in [1.54, 1.807) is 0 Å². The van der Waals surface area contributed by atoms with Crippen LogP contribution in [0.5, 0.6) is 5.19 Å². The van der Waals surface area contributed by atoms with Gasteiger partial charge in [-0.25, -0.2) is 0 Å². The Hall–Kier alpha value is -0.130. The molecule has 1 aromatic rings. The van der Waals surface area contributed by atoms with Crippen LogP contribution >= 0.6 is 27.3 Å². The van der Waals surface area contributed by atoms with Crippen molar-refractivity contribution in [2.75, 3.05) is 0 Å². The van der Waals surface area contributed by atoms with E-state index in [1.807, 2.05) is 5.38 Å². The van der Waals surface area contributed by atoms with Gasteiger partial charge in [-0.1, -0.05) is 11.3 Å². The fourth-order valence-corrected chi connectivity index (χ4v) is 2.88. The second kappa shape index (κ2) is 4.59. The van der Waals surface area contributed by atoms with Crippen LogP contribution in [0, 0.1) is 0 Å². The molecule has 0 spiro atoms. The average molecular weight is 277 g/mol. The first kappa shape index (κ1) is 10.4. The van der Waals surface area contributed by atoms with E-state index in [0.717, 1.165) is 29.1 Å². The van der Waals surface area contributed by atoms with E-state index in [0.29, 0.717) is 6.04 Å². The van der Waals surface area contributed by atoms with Crippen molar-refractivity contribution in [3.05, 3.63) is 9.98 Å².